The SMILES string of the molecule is CS(=O)(=O)CCNCc1nccn1CCCc1ccc(Cl)cc1. The Labute approximate surface area is 142 Å². The van der Waals surface area contributed by atoms with Crippen molar-refractivity contribution in [2.75, 3.05) is 18.6 Å². The molecule has 5 nitrogen and oxygen atoms in total. The fourth-order valence-corrected chi connectivity index (χ4v) is 2.91. The van der Waals surface area contributed by atoms with Gasteiger partial charge >= 0.3 is 0 Å². The van der Waals surface area contributed by atoms with Crippen molar-refractivity contribution in [1.82, 2.24) is 14.9 Å². The summed E-state index contributed by atoms with van der Waals surface area (Å²) in [6.07, 6.45) is 6.96. The Kier molecular flexibility index (Phi) is 6.62. The molecule has 0 fully saturated rings. The Morgan fingerprint density at radius 3 is 2.70 bits per heavy atom. The number of nitrogens with one attached hydrogen (secondary N) is 1. The van der Waals surface area contributed by atoms with E-state index in [4.69, 9.17) is 11.6 Å². The number of aryl methyl sites for hydroxylation is 2. The lowest BCUT2D eigenvalue weighted by Crippen LogP contribution is -2.23. The molecular weight excluding hydrogens is 334 g/mol. The van der Waals surface area contributed by atoms with Gasteiger partial charge in [0.1, 0.15) is 15.7 Å². The molecule has 1 N–H and O–H groups in total. The molecule has 0 unspecified atom stereocenters. The van der Waals surface area contributed by atoms with E-state index in [1.165, 1.54) is 11.8 Å². The summed E-state index contributed by atoms with van der Waals surface area (Å²) in [6, 6.07) is 7.91. The van der Waals surface area contributed by atoms with Gasteiger partial charge in [-0.1, -0.05) is 23.7 Å². The van der Waals surface area contributed by atoms with Crippen molar-refractivity contribution in [3.8, 4) is 0 Å². The zero-order valence-corrected chi connectivity index (χ0v) is 14.8. The highest BCUT2D eigenvalue weighted by molar-refractivity contribution is 7.90. The van der Waals surface area contributed by atoms with Crippen molar-refractivity contribution in [2.45, 2.75) is 25.9 Å². The molecule has 23 heavy (non-hydrogen) atoms. The normalized spacial score (nSPS) is 11.7. The summed E-state index contributed by atoms with van der Waals surface area (Å²) >= 11 is 5.88. The summed E-state index contributed by atoms with van der Waals surface area (Å²) in [5, 5.41) is 3.88. The number of benzene rings is 1. The third-order valence-corrected chi connectivity index (χ3v) is 4.71. The van der Waals surface area contributed by atoms with Crippen LogP contribution in [0.25, 0.3) is 0 Å². The van der Waals surface area contributed by atoms with Crippen molar-refractivity contribution in [3.63, 3.8) is 0 Å². The Bertz CT molecular complexity index is 711. The van der Waals surface area contributed by atoms with Crippen molar-refractivity contribution in [3.05, 3.63) is 53.1 Å². The Hall–Kier alpha value is -1.37. The lowest BCUT2D eigenvalue weighted by atomic mass is 10.1. The molecule has 0 aliphatic heterocycles. The summed E-state index contributed by atoms with van der Waals surface area (Å²) in [7, 11) is -2.92. The van der Waals surface area contributed by atoms with Gasteiger partial charge in [0, 0.05) is 36.8 Å². The predicted molar refractivity (Wildman–Crippen MR) is 93.4 cm³/mol. The second-order valence-corrected chi connectivity index (χ2v) is 8.27. The summed E-state index contributed by atoms with van der Waals surface area (Å²) in [4.78, 5) is 4.32. The second-order valence-electron chi connectivity index (χ2n) is 5.57. The van der Waals surface area contributed by atoms with E-state index in [0.717, 1.165) is 30.2 Å². The zero-order chi connectivity index (χ0) is 16.7. The maximum atomic E-state index is 11.1. The predicted octanol–water partition coefficient (Wildman–Crippen LogP) is 2.30. The monoisotopic (exact) mass is 355 g/mol. The zero-order valence-electron chi connectivity index (χ0n) is 13.2. The minimum absolute atomic E-state index is 0.143. The van der Waals surface area contributed by atoms with E-state index in [1.807, 2.05) is 30.5 Å². The van der Waals surface area contributed by atoms with Crippen LogP contribution < -0.4 is 5.32 Å². The number of rotatable bonds is 9. The first kappa shape index (κ1) is 18.0. The van der Waals surface area contributed by atoms with Crippen molar-refractivity contribution >= 4 is 21.4 Å². The molecule has 1 heterocycles. The van der Waals surface area contributed by atoms with Gasteiger partial charge < -0.3 is 9.88 Å². The fourth-order valence-electron chi connectivity index (χ4n) is 2.27. The minimum atomic E-state index is -2.92. The fraction of sp³-hybridized carbons (Fsp3) is 0.438. The van der Waals surface area contributed by atoms with Crippen LogP contribution in [0.1, 0.15) is 17.8 Å². The van der Waals surface area contributed by atoms with Crippen LogP contribution in [-0.2, 0) is 29.3 Å². The van der Waals surface area contributed by atoms with Gasteiger partial charge in [-0.3, -0.25) is 0 Å². The number of hydrogen-bond donors (Lipinski definition) is 1. The molecule has 1 aromatic carbocycles. The first-order chi connectivity index (χ1) is 10.9. The highest BCUT2D eigenvalue weighted by atomic mass is 35.5. The van der Waals surface area contributed by atoms with E-state index in [-0.39, 0.29) is 5.75 Å². The molecule has 0 aliphatic carbocycles. The summed E-state index contributed by atoms with van der Waals surface area (Å²) in [6.45, 7) is 1.89. The van der Waals surface area contributed by atoms with Gasteiger partial charge in [-0.15, -0.1) is 0 Å². The minimum Gasteiger partial charge on any atom is -0.334 e. The first-order valence-electron chi connectivity index (χ1n) is 7.57. The van der Waals surface area contributed by atoms with E-state index in [2.05, 4.69) is 14.9 Å². The van der Waals surface area contributed by atoms with Gasteiger partial charge in [-0.05, 0) is 30.5 Å². The Balaban J connectivity index is 1.76. The lowest BCUT2D eigenvalue weighted by molar-refractivity contribution is 0.575. The van der Waals surface area contributed by atoms with Crippen LogP contribution in [-0.4, -0.2) is 36.5 Å². The molecule has 0 aliphatic rings. The smallest absolute Gasteiger partial charge is 0.148 e. The van der Waals surface area contributed by atoms with Crippen LogP contribution in [0.4, 0.5) is 0 Å². The van der Waals surface area contributed by atoms with Gasteiger partial charge in [-0.2, -0.15) is 0 Å². The van der Waals surface area contributed by atoms with Crippen LogP contribution in [0.2, 0.25) is 5.02 Å². The molecule has 0 amide bonds. The first-order valence-corrected chi connectivity index (χ1v) is 10.0. The molecule has 2 aromatic rings. The van der Waals surface area contributed by atoms with Crippen LogP contribution in [0.15, 0.2) is 36.7 Å². The maximum Gasteiger partial charge on any atom is 0.148 e. The third-order valence-electron chi connectivity index (χ3n) is 3.51. The summed E-state index contributed by atoms with van der Waals surface area (Å²) in [5.74, 6) is 1.07. The molecule has 0 radical (unpaired) electrons. The van der Waals surface area contributed by atoms with Crippen LogP contribution in [0.5, 0.6) is 0 Å². The van der Waals surface area contributed by atoms with Gasteiger partial charge in [-0.25, -0.2) is 13.4 Å². The largest absolute Gasteiger partial charge is 0.334 e. The number of hydrogen-bond acceptors (Lipinski definition) is 4. The Morgan fingerprint density at radius 1 is 1.26 bits per heavy atom. The Morgan fingerprint density at radius 2 is 2.00 bits per heavy atom. The van der Waals surface area contributed by atoms with Gasteiger partial charge in [0.15, 0.2) is 0 Å². The summed E-state index contributed by atoms with van der Waals surface area (Å²) in [5.41, 5.74) is 1.27. The number of aromatic nitrogens is 2. The molecule has 1 aromatic heterocycles. The van der Waals surface area contributed by atoms with Crippen LogP contribution in [0, 0.1) is 0 Å². The number of sulfone groups is 1. The molecule has 0 saturated heterocycles. The van der Waals surface area contributed by atoms with Gasteiger partial charge in [0.05, 0.1) is 12.3 Å². The molecule has 0 bridgehead atoms. The number of nitrogens with zero attached hydrogens (tertiary/aromatic N) is 2. The van der Waals surface area contributed by atoms with E-state index in [1.54, 1.807) is 6.20 Å². The molecule has 0 spiro atoms. The van der Waals surface area contributed by atoms with E-state index >= 15 is 0 Å². The average molecular weight is 356 g/mol. The number of halogens is 1. The molecule has 126 valence electrons. The van der Waals surface area contributed by atoms with Crippen molar-refractivity contribution in [1.29, 1.82) is 0 Å². The van der Waals surface area contributed by atoms with Crippen molar-refractivity contribution < 1.29 is 8.42 Å². The highest BCUT2D eigenvalue weighted by Gasteiger charge is 2.05. The molecule has 0 atom stereocenters. The topological polar surface area (TPSA) is 64.0 Å². The molecule has 7 heteroatoms. The molecule has 0 saturated carbocycles. The quantitative estimate of drug-likeness (QED) is 0.701. The second kappa shape index (κ2) is 8.47. The summed E-state index contributed by atoms with van der Waals surface area (Å²) < 4.78 is 24.3. The highest BCUT2D eigenvalue weighted by Crippen LogP contribution is 2.11. The van der Waals surface area contributed by atoms with Crippen LogP contribution >= 0.6 is 11.6 Å². The number of imidazole rings is 1. The average Bonchev–Trinajstić information content (AvgIpc) is 2.92. The van der Waals surface area contributed by atoms with E-state index in [9.17, 15) is 8.42 Å². The third kappa shape index (κ3) is 6.72. The standard InChI is InChI=1S/C16H22ClN3O2S/c1-23(21,22)12-9-18-13-16-19-8-11-20(16)10-2-3-14-4-6-15(17)7-5-14/h4-8,11,18H,2-3,9-10,12-13H2,1H3. The van der Waals surface area contributed by atoms with Gasteiger partial charge in [0.25, 0.3) is 0 Å². The maximum absolute atomic E-state index is 11.1. The van der Waals surface area contributed by atoms with E-state index in [0.29, 0.717) is 13.1 Å². The van der Waals surface area contributed by atoms with Crippen LogP contribution in [0.3, 0.4) is 0 Å². The molecule has 2 rings (SSSR count). The van der Waals surface area contributed by atoms with Gasteiger partial charge in [0.2, 0.25) is 0 Å². The molecular formula is C16H22ClN3O2S. The lowest BCUT2D eigenvalue weighted by Gasteiger charge is -2.09. The van der Waals surface area contributed by atoms with Crippen molar-refractivity contribution in [2.24, 2.45) is 0 Å². The van der Waals surface area contributed by atoms with E-state index < -0.39 is 9.84 Å².